The third-order valence-corrected chi connectivity index (χ3v) is 2.98. The lowest BCUT2D eigenvalue weighted by atomic mass is 10.0. The molecule has 0 aliphatic rings. The molecule has 0 aliphatic carbocycles. The second-order valence-electron chi connectivity index (χ2n) is 4.59. The van der Waals surface area contributed by atoms with Gasteiger partial charge in [0.05, 0.1) is 5.60 Å². The lowest BCUT2D eigenvalue weighted by Gasteiger charge is -2.23. The molecule has 0 fully saturated rings. The fraction of sp³-hybridized carbons (Fsp3) is 0.500. The van der Waals surface area contributed by atoms with E-state index in [1.54, 1.807) is 6.92 Å². The molecular weight excluding hydrogens is 230 g/mol. The zero-order valence-electron chi connectivity index (χ0n) is 11.1. The van der Waals surface area contributed by atoms with Gasteiger partial charge in [-0.1, -0.05) is 37.3 Å². The van der Waals surface area contributed by atoms with Crippen molar-refractivity contribution in [2.24, 2.45) is 0 Å². The number of ether oxygens (including phenoxy) is 1. The molecule has 100 valence electrons. The molecule has 0 bridgehead atoms. The van der Waals surface area contributed by atoms with Gasteiger partial charge in [0.25, 0.3) is 5.91 Å². The topological polar surface area (TPSA) is 58.6 Å². The molecule has 18 heavy (non-hydrogen) atoms. The number of carbonyl (C=O) groups is 1. The predicted molar refractivity (Wildman–Crippen MR) is 70.1 cm³/mol. The van der Waals surface area contributed by atoms with Crippen LogP contribution in [0.2, 0.25) is 0 Å². The number of rotatable bonds is 6. The molecule has 2 atom stereocenters. The molecular formula is C14H21NO3. The van der Waals surface area contributed by atoms with Gasteiger partial charge in [-0.05, 0) is 18.9 Å². The van der Waals surface area contributed by atoms with Crippen molar-refractivity contribution in [3.05, 3.63) is 35.9 Å². The molecule has 1 rings (SSSR count). The van der Waals surface area contributed by atoms with Gasteiger partial charge >= 0.3 is 0 Å². The zero-order chi connectivity index (χ0) is 13.6. The number of nitrogens with one attached hydrogen (secondary N) is 1. The van der Waals surface area contributed by atoms with Gasteiger partial charge in [-0.25, -0.2) is 0 Å². The van der Waals surface area contributed by atoms with E-state index in [0.29, 0.717) is 6.42 Å². The molecule has 4 heteroatoms. The van der Waals surface area contributed by atoms with Crippen LogP contribution < -0.4 is 5.32 Å². The van der Waals surface area contributed by atoms with E-state index in [-0.39, 0.29) is 12.5 Å². The van der Waals surface area contributed by atoms with Crippen molar-refractivity contribution in [2.75, 3.05) is 13.7 Å². The summed E-state index contributed by atoms with van der Waals surface area (Å²) in [5.74, 6) is -0.238. The molecule has 2 N–H and O–H groups in total. The van der Waals surface area contributed by atoms with E-state index in [1.165, 1.54) is 7.11 Å². The first kappa shape index (κ1) is 14.7. The smallest absolute Gasteiger partial charge is 0.253 e. The SMILES string of the molecule is CCC(C)(O)CNC(=O)C(OC)c1ccccc1. The van der Waals surface area contributed by atoms with Crippen LogP contribution in [0.1, 0.15) is 31.9 Å². The summed E-state index contributed by atoms with van der Waals surface area (Å²) >= 11 is 0. The normalized spacial score (nSPS) is 15.8. The first-order valence-corrected chi connectivity index (χ1v) is 6.08. The van der Waals surface area contributed by atoms with Crippen LogP contribution in [0.3, 0.4) is 0 Å². The Morgan fingerprint density at radius 3 is 2.56 bits per heavy atom. The van der Waals surface area contributed by atoms with Gasteiger partial charge in [-0.2, -0.15) is 0 Å². The zero-order valence-corrected chi connectivity index (χ0v) is 11.1. The average Bonchev–Trinajstić information content (AvgIpc) is 2.39. The summed E-state index contributed by atoms with van der Waals surface area (Å²) in [5.41, 5.74) is -0.0846. The summed E-state index contributed by atoms with van der Waals surface area (Å²) in [4.78, 5) is 12.0. The van der Waals surface area contributed by atoms with Gasteiger partial charge < -0.3 is 15.2 Å². The minimum atomic E-state index is -0.884. The molecule has 0 saturated heterocycles. The Balaban J connectivity index is 2.64. The van der Waals surface area contributed by atoms with E-state index in [0.717, 1.165) is 5.56 Å². The lowest BCUT2D eigenvalue weighted by molar-refractivity contribution is -0.132. The van der Waals surface area contributed by atoms with Crippen molar-refractivity contribution in [2.45, 2.75) is 32.0 Å². The van der Waals surface area contributed by atoms with Gasteiger partial charge in [0.2, 0.25) is 0 Å². The maximum absolute atomic E-state index is 12.0. The predicted octanol–water partition coefficient (Wildman–Crippen LogP) is 1.65. The van der Waals surface area contributed by atoms with E-state index in [4.69, 9.17) is 4.74 Å². The highest BCUT2D eigenvalue weighted by Gasteiger charge is 2.23. The highest BCUT2D eigenvalue weighted by Crippen LogP contribution is 2.16. The highest BCUT2D eigenvalue weighted by molar-refractivity contribution is 5.82. The molecule has 0 radical (unpaired) electrons. The first-order valence-electron chi connectivity index (χ1n) is 6.08. The van der Waals surface area contributed by atoms with Crippen molar-refractivity contribution in [1.29, 1.82) is 0 Å². The van der Waals surface area contributed by atoms with Gasteiger partial charge in [0.15, 0.2) is 6.10 Å². The number of hydrogen-bond donors (Lipinski definition) is 2. The Kier molecular flexibility index (Phi) is 5.31. The standard InChI is InChI=1S/C14H21NO3/c1-4-14(2,17)10-15-13(16)12(18-3)11-8-6-5-7-9-11/h5-9,12,17H,4,10H2,1-3H3,(H,15,16). The Labute approximate surface area is 108 Å². The third kappa shape index (κ3) is 4.13. The van der Waals surface area contributed by atoms with Crippen LogP contribution in [0.15, 0.2) is 30.3 Å². The number of aliphatic hydroxyl groups is 1. The summed E-state index contributed by atoms with van der Waals surface area (Å²) < 4.78 is 5.20. The van der Waals surface area contributed by atoms with Gasteiger partial charge in [0, 0.05) is 13.7 Å². The summed E-state index contributed by atoms with van der Waals surface area (Å²) in [6, 6.07) is 9.28. The maximum atomic E-state index is 12.0. The Bertz CT molecular complexity index is 376. The number of amides is 1. The van der Waals surface area contributed by atoms with Crippen LogP contribution in [0, 0.1) is 0 Å². The third-order valence-electron chi connectivity index (χ3n) is 2.98. The number of methoxy groups -OCH3 is 1. The van der Waals surface area contributed by atoms with Crippen LogP contribution in [0.4, 0.5) is 0 Å². The average molecular weight is 251 g/mol. The van der Waals surface area contributed by atoms with E-state index in [1.807, 2.05) is 37.3 Å². The van der Waals surface area contributed by atoms with Crippen LogP contribution in [0.25, 0.3) is 0 Å². The summed E-state index contributed by atoms with van der Waals surface area (Å²) in [6.07, 6.45) is -0.0603. The summed E-state index contributed by atoms with van der Waals surface area (Å²) in [7, 11) is 1.50. The lowest BCUT2D eigenvalue weighted by Crippen LogP contribution is -2.42. The molecule has 1 aromatic carbocycles. The van der Waals surface area contributed by atoms with Gasteiger partial charge in [-0.15, -0.1) is 0 Å². The Morgan fingerprint density at radius 2 is 2.06 bits per heavy atom. The highest BCUT2D eigenvalue weighted by atomic mass is 16.5. The second kappa shape index (κ2) is 6.52. The van der Waals surface area contributed by atoms with E-state index >= 15 is 0 Å². The first-order chi connectivity index (χ1) is 8.50. The van der Waals surface area contributed by atoms with E-state index in [2.05, 4.69) is 5.32 Å². The van der Waals surface area contributed by atoms with E-state index in [9.17, 15) is 9.90 Å². The number of hydrogen-bond acceptors (Lipinski definition) is 3. The van der Waals surface area contributed by atoms with Crippen molar-refractivity contribution in [1.82, 2.24) is 5.32 Å². The Morgan fingerprint density at radius 1 is 1.44 bits per heavy atom. The minimum absolute atomic E-state index is 0.217. The van der Waals surface area contributed by atoms with Crippen LogP contribution >= 0.6 is 0 Å². The van der Waals surface area contributed by atoms with Crippen molar-refractivity contribution in [3.63, 3.8) is 0 Å². The molecule has 2 unspecified atom stereocenters. The molecule has 0 spiro atoms. The molecule has 4 nitrogen and oxygen atoms in total. The monoisotopic (exact) mass is 251 g/mol. The largest absolute Gasteiger partial charge is 0.388 e. The fourth-order valence-corrected chi connectivity index (χ4v) is 1.52. The molecule has 1 aromatic rings. The fourth-order valence-electron chi connectivity index (χ4n) is 1.52. The molecule has 0 aromatic heterocycles. The second-order valence-corrected chi connectivity index (χ2v) is 4.59. The van der Waals surface area contributed by atoms with Crippen molar-refractivity contribution in [3.8, 4) is 0 Å². The number of benzene rings is 1. The van der Waals surface area contributed by atoms with Crippen LogP contribution in [0.5, 0.6) is 0 Å². The molecule has 0 heterocycles. The van der Waals surface area contributed by atoms with Crippen molar-refractivity contribution >= 4 is 5.91 Å². The van der Waals surface area contributed by atoms with Gasteiger partial charge in [-0.3, -0.25) is 4.79 Å². The maximum Gasteiger partial charge on any atom is 0.253 e. The van der Waals surface area contributed by atoms with Crippen molar-refractivity contribution < 1.29 is 14.6 Å². The molecule has 0 aliphatic heterocycles. The summed E-state index contributed by atoms with van der Waals surface area (Å²) in [5, 5.41) is 12.6. The summed E-state index contributed by atoms with van der Waals surface area (Å²) in [6.45, 7) is 3.78. The molecule has 0 saturated carbocycles. The van der Waals surface area contributed by atoms with Crippen LogP contribution in [-0.2, 0) is 9.53 Å². The Hall–Kier alpha value is -1.39. The minimum Gasteiger partial charge on any atom is -0.388 e. The quantitative estimate of drug-likeness (QED) is 0.808. The van der Waals surface area contributed by atoms with E-state index < -0.39 is 11.7 Å². The van der Waals surface area contributed by atoms with Gasteiger partial charge in [0.1, 0.15) is 0 Å². The number of carbonyl (C=O) groups excluding carboxylic acids is 1. The van der Waals surface area contributed by atoms with Crippen LogP contribution in [-0.4, -0.2) is 30.3 Å². The molecule has 1 amide bonds.